The number of allylic oxidation sites excluding steroid dienone is 2. The molecule has 1 aromatic carbocycles. The zero-order chi connectivity index (χ0) is 22.7. The number of fused-ring (bicyclic) bond motifs is 1. The van der Waals surface area contributed by atoms with Crippen molar-refractivity contribution < 1.29 is 19.2 Å². The Morgan fingerprint density at radius 3 is 2.10 bits per heavy atom. The molecule has 0 unspecified atom stereocenters. The minimum atomic E-state index is -0.904. The molecule has 4 amide bonds. The number of hydrogen-bond donors (Lipinski definition) is 2. The fourth-order valence-corrected chi connectivity index (χ4v) is 4.39. The van der Waals surface area contributed by atoms with E-state index in [4.69, 9.17) is 0 Å². The number of hydrogen-bond acceptors (Lipinski definition) is 4. The Hall–Kier alpha value is -2.96. The third-order valence-corrected chi connectivity index (χ3v) is 6.02. The van der Waals surface area contributed by atoms with Gasteiger partial charge < -0.3 is 10.6 Å². The molecule has 31 heavy (non-hydrogen) atoms. The molecule has 0 aromatic heterocycles. The third-order valence-electron chi connectivity index (χ3n) is 6.02. The highest BCUT2D eigenvalue weighted by Gasteiger charge is 2.51. The highest BCUT2D eigenvalue weighted by molar-refractivity contribution is 6.09. The molecule has 7 nitrogen and oxygen atoms in total. The molecule has 0 saturated carbocycles. The number of benzene rings is 1. The molecule has 3 atom stereocenters. The Morgan fingerprint density at radius 2 is 1.58 bits per heavy atom. The minimum Gasteiger partial charge on any atom is -0.345 e. The van der Waals surface area contributed by atoms with Crippen molar-refractivity contribution in [3.63, 3.8) is 0 Å². The summed E-state index contributed by atoms with van der Waals surface area (Å²) in [5.41, 5.74) is 2.59. The molecule has 7 heteroatoms. The second kappa shape index (κ2) is 9.45. The van der Waals surface area contributed by atoms with E-state index in [1.54, 1.807) is 0 Å². The molecular formula is C24H31N3O4. The van der Waals surface area contributed by atoms with Crippen LogP contribution in [-0.4, -0.2) is 41.1 Å². The smallest absolute Gasteiger partial charge is 0.243 e. The summed E-state index contributed by atoms with van der Waals surface area (Å²) in [6, 6.07) is 4.81. The van der Waals surface area contributed by atoms with E-state index >= 15 is 0 Å². The quantitative estimate of drug-likeness (QED) is 0.519. The Morgan fingerprint density at radius 1 is 1.03 bits per heavy atom. The predicted octanol–water partition coefficient (Wildman–Crippen LogP) is 2.72. The number of nitrogens with zero attached hydrogens (tertiary/aromatic N) is 1. The van der Waals surface area contributed by atoms with Crippen LogP contribution in [0.15, 0.2) is 30.4 Å². The molecule has 1 saturated heterocycles. The van der Waals surface area contributed by atoms with E-state index in [0.717, 1.165) is 21.7 Å². The lowest BCUT2D eigenvalue weighted by Crippen LogP contribution is -2.51. The molecular weight excluding hydrogens is 394 g/mol. The number of para-hydroxylation sites is 1. The Bertz CT molecular complexity index is 875. The van der Waals surface area contributed by atoms with Gasteiger partial charge in [-0.2, -0.15) is 0 Å². The van der Waals surface area contributed by atoms with Crippen molar-refractivity contribution in [2.24, 2.45) is 17.8 Å². The lowest BCUT2D eigenvalue weighted by Gasteiger charge is -2.27. The SMILES string of the molecule is Cc1cccc(C)c1NC(=O)CNC(=O)[C@H](CC(C)C)N1C(=O)[C@H]2CC=CC[C@@H]2C1=O. The molecule has 2 aliphatic rings. The van der Waals surface area contributed by atoms with Crippen LogP contribution >= 0.6 is 0 Å². The summed E-state index contributed by atoms with van der Waals surface area (Å²) in [6.45, 7) is 7.45. The number of likely N-dealkylation sites (tertiary alicyclic amines) is 1. The summed E-state index contributed by atoms with van der Waals surface area (Å²) in [5, 5.41) is 5.47. The van der Waals surface area contributed by atoms with Crippen molar-refractivity contribution >= 4 is 29.3 Å². The van der Waals surface area contributed by atoms with Crippen molar-refractivity contribution in [1.82, 2.24) is 10.2 Å². The van der Waals surface area contributed by atoms with Crippen LogP contribution in [0.5, 0.6) is 0 Å². The van der Waals surface area contributed by atoms with Gasteiger partial charge >= 0.3 is 0 Å². The fraction of sp³-hybridized carbons (Fsp3) is 0.500. The molecule has 1 fully saturated rings. The Balaban J connectivity index is 1.68. The van der Waals surface area contributed by atoms with Gasteiger partial charge in [0, 0.05) is 5.69 Å². The van der Waals surface area contributed by atoms with Crippen molar-refractivity contribution in [2.45, 2.75) is 53.0 Å². The summed E-state index contributed by atoms with van der Waals surface area (Å²) in [6.07, 6.45) is 5.26. The van der Waals surface area contributed by atoms with E-state index < -0.39 is 11.9 Å². The largest absolute Gasteiger partial charge is 0.345 e. The van der Waals surface area contributed by atoms with Gasteiger partial charge in [-0.25, -0.2) is 0 Å². The minimum absolute atomic E-state index is 0.0977. The van der Waals surface area contributed by atoms with E-state index in [2.05, 4.69) is 10.6 Å². The Kier molecular flexibility index (Phi) is 6.93. The van der Waals surface area contributed by atoms with Gasteiger partial charge in [-0.1, -0.05) is 44.2 Å². The van der Waals surface area contributed by atoms with Gasteiger partial charge in [-0.3, -0.25) is 24.1 Å². The van der Waals surface area contributed by atoms with Crippen LogP contribution in [0.4, 0.5) is 5.69 Å². The lowest BCUT2D eigenvalue weighted by atomic mass is 9.85. The molecule has 2 N–H and O–H groups in total. The second-order valence-corrected chi connectivity index (χ2v) is 8.88. The van der Waals surface area contributed by atoms with Gasteiger partial charge in [0.1, 0.15) is 6.04 Å². The number of carbonyl (C=O) groups excluding carboxylic acids is 4. The average Bonchev–Trinajstić information content (AvgIpc) is 2.98. The maximum atomic E-state index is 13.0. The van der Waals surface area contributed by atoms with Crippen molar-refractivity contribution in [3.05, 3.63) is 41.5 Å². The number of carbonyl (C=O) groups is 4. The molecule has 0 spiro atoms. The first kappa shape index (κ1) is 22.7. The number of anilines is 1. The molecule has 1 aliphatic heterocycles. The molecule has 0 bridgehead atoms. The first-order valence-corrected chi connectivity index (χ1v) is 10.9. The van der Waals surface area contributed by atoms with Crippen LogP contribution in [0.25, 0.3) is 0 Å². The van der Waals surface area contributed by atoms with Crippen molar-refractivity contribution in [1.29, 1.82) is 0 Å². The van der Waals surface area contributed by atoms with E-state index in [1.165, 1.54) is 0 Å². The number of imide groups is 1. The van der Waals surface area contributed by atoms with Gasteiger partial charge in [0.2, 0.25) is 23.6 Å². The maximum Gasteiger partial charge on any atom is 0.243 e. The first-order chi connectivity index (χ1) is 14.7. The highest BCUT2D eigenvalue weighted by Crippen LogP contribution is 2.37. The summed E-state index contributed by atoms with van der Waals surface area (Å²) in [7, 11) is 0. The van der Waals surface area contributed by atoms with Gasteiger partial charge in [0.15, 0.2) is 0 Å². The Labute approximate surface area is 183 Å². The topological polar surface area (TPSA) is 95.6 Å². The fourth-order valence-electron chi connectivity index (χ4n) is 4.39. The highest BCUT2D eigenvalue weighted by atomic mass is 16.2. The normalized spacial score (nSPS) is 21.3. The molecule has 166 valence electrons. The van der Waals surface area contributed by atoms with Gasteiger partial charge in [-0.15, -0.1) is 0 Å². The standard InChI is InChI=1S/C24H31N3O4/c1-14(2)12-19(27-23(30)17-10-5-6-11-18(17)24(27)31)22(29)25-13-20(28)26-21-15(3)8-7-9-16(21)4/h5-9,14,17-19H,10-13H2,1-4H3,(H,25,29)(H,26,28)/t17-,18-,19-/m0/s1. The van der Waals surface area contributed by atoms with Crippen molar-refractivity contribution in [2.75, 3.05) is 11.9 Å². The first-order valence-electron chi connectivity index (χ1n) is 10.9. The third kappa shape index (κ3) is 4.86. The maximum absolute atomic E-state index is 13.0. The lowest BCUT2D eigenvalue weighted by molar-refractivity contribution is -0.148. The average molecular weight is 426 g/mol. The van der Waals surface area contributed by atoms with E-state index in [0.29, 0.717) is 19.3 Å². The summed E-state index contributed by atoms with van der Waals surface area (Å²) >= 11 is 0. The number of amides is 4. The van der Waals surface area contributed by atoms with E-state index in [9.17, 15) is 19.2 Å². The summed E-state index contributed by atoms with van der Waals surface area (Å²) in [5.74, 6) is -2.05. The van der Waals surface area contributed by atoms with Crippen LogP contribution < -0.4 is 10.6 Å². The van der Waals surface area contributed by atoms with Gasteiger partial charge in [-0.05, 0) is 50.2 Å². The van der Waals surface area contributed by atoms with Gasteiger partial charge in [0.25, 0.3) is 0 Å². The molecule has 1 aliphatic carbocycles. The molecule has 3 rings (SSSR count). The number of aryl methyl sites for hydroxylation is 2. The van der Waals surface area contributed by atoms with Crippen LogP contribution in [-0.2, 0) is 19.2 Å². The van der Waals surface area contributed by atoms with Crippen LogP contribution in [0.2, 0.25) is 0 Å². The van der Waals surface area contributed by atoms with Crippen molar-refractivity contribution in [3.8, 4) is 0 Å². The van der Waals surface area contributed by atoms with Crippen LogP contribution in [0.1, 0.15) is 44.2 Å². The monoisotopic (exact) mass is 425 g/mol. The second-order valence-electron chi connectivity index (χ2n) is 8.88. The molecule has 1 heterocycles. The van der Waals surface area contributed by atoms with E-state index in [-0.39, 0.29) is 42.0 Å². The molecule has 1 aromatic rings. The van der Waals surface area contributed by atoms with E-state index in [1.807, 2.05) is 58.0 Å². The van der Waals surface area contributed by atoms with Crippen LogP contribution in [0.3, 0.4) is 0 Å². The predicted molar refractivity (Wildman–Crippen MR) is 118 cm³/mol. The molecule has 0 radical (unpaired) electrons. The zero-order valence-corrected chi connectivity index (χ0v) is 18.6. The number of rotatable bonds is 7. The van der Waals surface area contributed by atoms with Crippen LogP contribution in [0, 0.1) is 31.6 Å². The number of nitrogens with one attached hydrogen (secondary N) is 2. The van der Waals surface area contributed by atoms with Gasteiger partial charge in [0.05, 0.1) is 18.4 Å². The summed E-state index contributed by atoms with van der Waals surface area (Å²) in [4.78, 5) is 52.5. The summed E-state index contributed by atoms with van der Waals surface area (Å²) < 4.78 is 0. The zero-order valence-electron chi connectivity index (χ0n) is 18.6.